The van der Waals surface area contributed by atoms with E-state index in [-0.39, 0.29) is 18.4 Å². The van der Waals surface area contributed by atoms with E-state index in [9.17, 15) is 9.90 Å². The van der Waals surface area contributed by atoms with Crippen molar-refractivity contribution >= 4 is 5.91 Å². The van der Waals surface area contributed by atoms with Crippen LogP contribution in [0, 0.1) is 23.2 Å². The number of aliphatic hydroxyl groups excluding tert-OH is 1. The molecule has 0 aliphatic carbocycles. The van der Waals surface area contributed by atoms with E-state index in [2.05, 4.69) is 5.32 Å². The van der Waals surface area contributed by atoms with E-state index in [4.69, 9.17) is 5.26 Å². The summed E-state index contributed by atoms with van der Waals surface area (Å²) in [6.07, 6.45) is 0. The molecule has 1 rings (SSSR count). The average molecular weight is 246 g/mol. The summed E-state index contributed by atoms with van der Waals surface area (Å²) in [5, 5.41) is 21.0. The quantitative estimate of drug-likeness (QED) is 0.829. The molecule has 0 saturated heterocycles. The fourth-order valence-corrected chi connectivity index (χ4v) is 1.69. The Hall–Kier alpha value is -1.86. The Morgan fingerprint density at radius 2 is 2.00 bits per heavy atom. The second kappa shape index (κ2) is 6.77. The zero-order chi connectivity index (χ0) is 13.5. The first kappa shape index (κ1) is 14.2. The molecular weight excluding hydrogens is 228 g/mol. The van der Waals surface area contributed by atoms with Gasteiger partial charge in [0.15, 0.2) is 0 Å². The zero-order valence-electron chi connectivity index (χ0n) is 10.6. The lowest BCUT2D eigenvalue weighted by Gasteiger charge is -2.20. The lowest BCUT2D eigenvalue weighted by Crippen LogP contribution is -2.37. The SMILES string of the molecule is CC(C)C(C#N)C(=O)NC(CO)c1ccccc1. The lowest BCUT2D eigenvalue weighted by molar-refractivity contribution is -0.125. The highest BCUT2D eigenvalue weighted by molar-refractivity contribution is 5.81. The van der Waals surface area contributed by atoms with Crippen molar-refractivity contribution in [1.29, 1.82) is 5.26 Å². The van der Waals surface area contributed by atoms with Crippen LogP contribution in [0.15, 0.2) is 30.3 Å². The van der Waals surface area contributed by atoms with Crippen LogP contribution in [0.2, 0.25) is 0 Å². The molecule has 0 aliphatic rings. The molecule has 18 heavy (non-hydrogen) atoms. The largest absolute Gasteiger partial charge is 0.394 e. The normalized spacial score (nSPS) is 13.7. The maximum atomic E-state index is 11.9. The molecule has 0 aliphatic heterocycles. The standard InChI is InChI=1S/C14H18N2O2/c1-10(2)12(8-15)14(18)16-13(9-17)11-6-4-3-5-7-11/h3-7,10,12-13,17H,9H2,1-2H3,(H,16,18). The predicted molar refractivity (Wildman–Crippen MR) is 68.4 cm³/mol. The summed E-state index contributed by atoms with van der Waals surface area (Å²) in [6.45, 7) is 3.46. The van der Waals surface area contributed by atoms with Gasteiger partial charge < -0.3 is 10.4 Å². The van der Waals surface area contributed by atoms with E-state index < -0.39 is 12.0 Å². The summed E-state index contributed by atoms with van der Waals surface area (Å²) in [6, 6.07) is 10.7. The Labute approximate surface area is 107 Å². The monoisotopic (exact) mass is 246 g/mol. The summed E-state index contributed by atoms with van der Waals surface area (Å²) < 4.78 is 0. The third-order valence-corrected chi connectivity index (χ3v) is 2.79. The van der Waals surface area contributed by atoms with Crippen molar-refractivity contribution in [3.8, 4) is 6.07 Å². The molecule has 1 aromatic carbocycles. The molecule has 0 bridgehead atoms. The third kappa shape index (κ3) is 3.57. The Balaban J connectivity index is 2.76. The molecule has 1 amide bonds. The minimum absolute atomic E-state index is 0.0508. The van der Waals surface area contributed by atoms with E-state index in [0.717, 1.165) is 5.56 Å². The number of carbonyl (C=O) groups is 1. The zero-order valence-corrected chi connectivity index (χ0v) is 10.6. The van der Waals surface area contributed by atoms with Crippen molar-refractivity contribution in [3.05, 3.63) is 35.9 Å². The molecule has 0 radical (unpaired) electrons. The molecule has 4 nitrogen and oxygen atoms in total. The minimum Gasteiger partial charge on any atom is -0.394 e. The molecule has 2 N–H and O–H groups in total. The summed E-state index contributed by atoms with van der Waals surface area (Å²) in [7, 11) is 0. The van der Waals surface area contributed by atoms with Crippen molar-refractivity contribution in [3.63, 3.8) is 0 Å². The molecule has 1 aromatic rings. The lowest BCUT2D eigenvalue weighted by atomic mass is 9.96. The van der Waals surface area contributed by atoms with Crippen LogP contribution in [0.4, 0.5) is 0 Å². The van der Waals surface area contributed by atoms with Crippen molar-refractivity contribution in [2.24, 2.45) is 11.8 Å². The second-order valence-electron chi connectivity index (χ2n) is 4.51. The van der Waals surface area contributed by atoms with Gasteiger partial charge in [-0.1, -0.05) is 44.2 Å². The van der Waals surface area contributed by atoms with Gasteiger partial charge in [-0.15, -0.1) is 0 Å². The minimum atomic E-state index is -0.692. The maximum absolute atomic E-state index is 11.9. The third-order valence-electron chi connectivity index (χ3n) is 2.79. The molecule has 96 valence electrons. The summed E-state index contributed by atoms with van der Waals surface area (Å²) in [5.74, 6) is -1.08. The number of nitrogens with one attached hydrogen (secondary N) is 1. The average Bonchev–Trinajstić information content (AvgIpc) is 2.37. The van der Waals surface area contributed by atoms with Gasteiger partial charge >= 0.3 is 0 Å². The van der Waals surface area contributed by atoms with Crippen LogP contribution < -0.4 is 5.32 Å². The van der Waals surface area contributed by atoms with Crippen molar-refractivity contribution in [1.82, 2.24) is 5.32 Å². The van der Waals surface area contributed by atoms with E-state index in [0.29, 0.717) is 0 Å². The molecular formula is C14H18N2O2. The van der Waals surface area contributed by atoms with Crippen LogP contribution in [-0.4, -0.2) is 17.6 Å². The molecule has 4 heteroatoms. The van der Waals surface area contributed by atoms with Crippen LogP contribution in [0.5, 0.6) is 0 Å². The Morgan fingerprint density at radius 1 is 1.39 bits per heavy atom. The van der Waals surface area contributed by atoms with Gasteiger partial charge in [0.1, 0.15) is 5.92 Å². The molecule has 2 atom stereocenters. The fourth-order valence-electron chi connectivity index (χ4n) is 1.69. The van der Waals surface area contributed by atoms with Gasteiger partial charge in [-0.2, -0.15) is 5.26 Å². The highest BCUT2D eigenvalue weighted by Crippen LogP contribution is 2.15. The van der Waals surface area contributed by atoms with Gasteiger partial charge in [0.25, 0.3) is 0 Å². The van der Waals surface area contributed by atoms with Gasteiger partial charge in [-0.3, -0.25) is 4.79 Å². The summed E-state index contributed by atoms with van der Waals surface area (Å²) >= 11 is 0. The van der Waals surface area contributed by atoms with Gasteiger partial charge in [0, 0.05) is 0 Å². The van der Waals surface area contributed by atoms with E-state index in [1.54, 1.807) is 0 Å². The van der Waals surface area contributed by atoms with Crippen molar-refractivity contribution in [2.75, 3.05) is 6.61 Å². The Kier molecular flexibility index (Phi) is 5.34. The number of amides is 1. The number of benzene rings is 1. The van der Waals surface area contributed by atoms with Crippen LogP contribution in [0.25, 0.3) is 0 Å². The van der Waals surface area contributed by atoms with Gasteiger partial charge in [0.2, 0.25) is 5.91 Å². The number of hydrogen-bond acceptors (Lipinski definition) is 3. The molecule has 2 unspecified atom stereocenters. The molecule has 0 saturated carbocycles. The smallest absolute Gasteiger partial charge is 0.238 e. The molecule has 0 spiro atoms. The predicted octanol–water partition coefficient (Wildman–Crippen LogP) is 1.63. The highest BCUT2D eigenvalue weighted by Gasteiger charge is 2.24. The topological polar surface area (TPSA) is 73.1 Å². The van der Waals surface area contributed by atoms with E-state index in [1.165, 1.54) is 0 Å². The summed E-state index contributed by atoms with van der Waals surface area (Å²) in [5.41, 5.74) is 0.828. The number of nitriles is 1. The first-order valence-corrected chi connectivity index (χ1v) is 5.96. The molecule has 0 aromatic heterocycles. The van der Waals surface area contributed by atoms with E-state index in [1.807, 2.05) is 50.2 Å². The maximum Gasteiger partial charge on any atom is 0.238 e. The first-order chi connectivity index (χ1) is 8.60. The number of aliphatic hydroxyl groups is 1. The Morgan fingerprint density at radius 3 is 2.44 bits per heavy atom. The highest BCUT2D eigenvalue weighted by atomic mass is 16.3. The fraction of sp³-hybridized carbons (Fsp3) is 0.429. The van der Waals surface area contributed by atoms with Crippen LogP contribution in [0.3, 0.4) is 0 Å². The molecule has 0 fully saturated rings. The van der Waals surface area contributed by atoms with Crippen molar-refractivity contribution < 1.29 is 9.90 Å². The second-order valence-corrected chi connectivity index (χ2v) is 4.51. The van der Waals surface area contributed by atoms with E-state index >= 15 is 0 Å². The summed E-state index contributed by atoms with van der Waals surface area (Å²) in [4.78, 5) is 11.9. The van der Waals surface area contributed by atoms with Gasteiger partial charge in [0.05, 0.1) is 18.7 Å². The Bertz CT molecular complexity index is 423. The number of nitrogens with zero attached hydrogens (tertiary/aromatic N) is 1. The van der Waals surface area contributed by atoms with Gasteiger partial charge in [-0.05, 0) is 11.5 Å². The van der Waals surface area contributed by atoms with Gasteiger partial charge in [-0.25, -0.2) is 0 Å². The number of hydrogen-bond donors (Lipinski definition) is 2. The number of rotatable bonds is 5. The van der Waals surface area contributed by atoms with Crippen molar-refractivity contribution in [2.45, 2.75) is 19.9 Å². The first-order valence-electron chi connectivity index (χ1n) is 5.96. The van der Waals surface area contributed by atoms with Crippen LogP contribution in [0.1, 0.15) is 25.5 Å². The van der Waals surface area contributed by atoms with Crippen LogP contribution in [-0.2, 0) is 4.79 Å². The molecule has 0 heterocycles. The number of carbonyl (C=O) groups excluding carboxylic acids is 1. The van der Waals surface area contributed by atoms with Crippen LogP contribution >= 0.6 is 0 Å².